The lowest BCUT2D eigenvalue weighted by molar-refractivity contribution is 0.0691. The van der Waals surface area contributed by atoms with Gasteiger partial charge < -0.3 is 10.0 Å². The van der Waals surface area contributed by atoms with Gasteiger partial charge in [-0.2, -0.15) is 17.0 Å². The molecule has 1 N–H and O–H groups in total. The van der Waals surface area contributed by atoms with Crippen LogP contribution in [0.2, 0.25) is 0 Å². The summed E-state index contributed by atoms with van der Waals surface area (Å²) in [6, 6.07) is 6.37. The summed E-state index contributed by atoms with van der Waals surface area (Å²) in [6.07, 6.45) is 0. The van der Waals surface area contributed by atoms with Crippen molar-refractivity contribution in [3.05, 3.63) is 29.8 Å². The molecule has 1 amide bonds. The van der Waals surface area contributed by atoms with E-state index in [4.69, 9.17) is 0 Å². The topological polar surface area (TPSA) is 81.2 Å². The molecule has 0 saturated carbocycles. The summed E-state index contributed by atoms with van der Waals surface area (Å²) >= 11 is 0. The standard InChI is InChI=1S/C15H23N3O4S/c1-3-17(4-2)23(21,22)18-11-9-16(10-12-18)15(20)13-7-5-6-8-14(13)19/h5-8,19H,3-4,9-12H2,1-2H3. The van der Waals surface area contributed by atoms with Crippen LogP contribution in [-0.4, -0.2) is 72.2 Å². The predicted octanol–water partition coefficient (Wildman–Crippen LogP) is 0.737. The van der Waals surface area contributed by atoms with Crippen LogP contribution >= 0.6 is 0 Å². The van der Waals surface area contributed by atoms with Crippen molar-refractivity contribution in [2.45, 2.75) is 13.8 Å². The van der Waals surface area contributed by atoms with Crippen molar-refractivity contribution in [2.24, 2.45) is 0 Å². The fourth-order valence-corrected chi connectivity index (χ4v) is 4.26. The van der Waals surface area contributed by atoms with Gasteiger partial charge in [-0.15, -0.1) is 0 Å². The van der Waals surface area contributed by atoms with Gasteiger partial charge in [-0.05, 0) is 12.1 Å². The molecule has 1 aliphatic rings. The van der Waals surface area contributed by atoms with Crippen LogP contribution in [-0.2, 0) is 10.2 Å². The van der Waals surface area contributed by atoms with Crippen molar-refractivity contribution in [1.29, 1.82) is 0 Å². The van der Waals surface area contributed by atoms with Gasteiger partial charge in [0.15, 0.2) is 0 Å². The maximum Gasteiger partial charge on any atom is 0.282 e. The molecular weight excluding hydrogens is 318 g/mol. The van der Waals surface area contributed by atoms with Gasteiger partial charge >= 0.3 is 0 Å². The molecule has 1 aliphatic heterocycles. The van der Waals surface area contributed by atoms with Gasteiger partial charge in [0.2, 0.25) is 0 Å². The van der Waals surface area contributed by atoms with Crippen molar-refractivity contribution in [3.63, 3.8) is 0 Å². The summed E-state index contributed by atoms with van der Waals surface area (Å²) in [5, 5.41) is 9.77. The quantitative estimate of drug-likeness (QED) is 0.856. The summed E-state index contributed by atoms with van der Waals surface area (Å²) in [5.41, 5.74) is 0.243. The van der Waals surface area contributed by atoms with Crippen molar-refractivity contribution >= 4 is 16.1 Å². The molecule has 0 spiro atoms. The monoisotopic (exact) mass is 341 g/mol. The highest BCUT2D eigenvalue weighted by Gasteiger charge is 2.32. The summed E-state index contributed by atoms with van der Waals surface area (Å²) < 4.78 is 27.7. The van der Waals surface area contributed by atoms with E-state index in [9.17, 15) is 18.3 Å². The average molecular weight is 341 g/mol. The number of rotatable bonds is 5. The summed E-state index contributed by atoms with van der Waals surface area (Å²) in [6.45, 7) is 5.61. The van der Waals surface area contributed by atoms with Gasteiger partial charge in [0.25, 0.3) is 16.1 Å². The van der Waals surface area contributed by atoms with Gasteiger partial charge in [0.05, 0.1) is 5.56 Å². The molecule has 7 nitrogen and oxygen atoms in total. The fourth-order valence-electron chi connectivity index (χ4n) is 2.66. The Morgan fingerprint density at radius 1 is 1.13 bits per heavy atom. The molecule has 0 radical (unpaired) electrons. The maximum absolute atomic E-state index is 12.5. The van der Waals surface area contributed by atoms with E-state index in [0.717, 1.165) is 0 Å². The lowest BCUT2D eigenvalue weighted by atomic mass is 10.1. The molecule has 0 aromatic heterocycles. The zero-order chi connectivity index (χ0) is 17.0. The SMILES string of the molecule is CCN(CC)S(=O)(=O)N1CCN(C(=O)c2ccccc2O)CC1. The van der Waals surface area contributed by atoms with Crippen LogP contribution in [0.25, 0.3) is 0 Å². The molecule has 0 atom stereocenters. The first-order valence-corrected chi connectivity index (χ1v) is 9.14. The average Bonchev–Trinajstić information content (AvgIpc) is 2.55. The molecule has 128 valence electrons. The summed E-state index contributed by atoms with van der Waals surface area (Å²) in [7, 11) is -3.47. The Labute approximate surface area is 137 Å². The molecule has 1 aromatic rings. The smallest absolute Gasteiger partial charge is 0.282 e. The summed E-state index contributed by atoms with van der Waals surface area (Å²) in [4.78, 5) is 14.0. The molecular formula is C15H23N3O4S. The highest BCUT2D eigenvalue weighted by Crippen LogP contribution is 2.19. The van der Waals surface area contributed by atoms with Crippen molar-refractivity contribution in [3.8, 4) is 5.75 Å². The number of hydrogen-bond donors (Lipinski definition) is 1. The fraction of sp³-hybridized carbons (Fsp3) is 0.533. The zero-order valence-electron chi connectivity index (χ0n) is 13.5. The summed E-state index contributed by atoms with van der Waals surface area (Å²) in [5.74, 6) is -0.335. The van der Waals surface area contributed by atoms with Crippen molar-refractivity contribution in [1.82, 2.24) is 13.5 Å². The second kappa shape index (κ2) is 7.29. The van der Waals surface area contributed by atoms with Crippen LogP contribution in [0.5, 0.6) is 5.75 Å². The molecule has 1 fully saturated rings. The Morgan fingerprint density at radius 2 is 1.70 bits per heavy atom. The van der Waals surface area contributed by atoms with Crippen LogP contribution in [0, 0.1) is 0 Å². The lowest BCUT2D eigenvalue weighted by Gasteiger charge is -2.36. The van der Waals surface area contributed by atoms with Crippen molar-refractivity contribution < 1.29 is 18.3 Å². The molecule has 8 heteroatoms. The van der Waals surface area contributed by atoms with Gasteiger partial charge in [-0.25, -0.2) is 0 Å². The number of phenolic OH excluding ortho intramolecular Hbond substituents is 1. The second-order valence-corrected chi connectivity index (χ2v) is 7.23. The number of carbonyl (C=O) groups excluding carboxylic acids is 1. The number of para-hydroxylation sites is 1. The highest BCUT2D eigenvalue weighted by atomic mass is 32.2. The Bertz CT molecular complexity index is 650. The van der Waals surface area contributed by atoms with Crippen LogP contribution in [0.4, 0.5) is 0 Å². The highest BCUT2D eigenvalue weighted by molar-refractivity contribution is 7.86. The van der Waals surface area contributed by atoms with E-state index in [1.54, 1.807) is 36.9 Å². The van der Waals surface area contributed by atoms with E-state index in [-0.39, 0.29) is 30.3 Å². The van der Waals surface area contributed by atoms with Gasteiger partial charge in [-0.1, -0.05) is 26.0 Å². The van der Waals surface area contributed by atoms with Gasteiger partial charge in [-0.3, -0.25) is 4.79 Å². The molecule has 2 rings (SSSR count). The molecule has 1 heterocycles. The van der Waals surface area contributed by atoms with Crippen LogP contribution in [0.1, 0.15) is 24.2 Å². The normalized spacial score (nSPS) is 16.7. The molecule has 0 unspecified atom stereocenters. The Morgan fingerprint density at radius 3 is 2.22 bits per heavy atom. The van der Waals surface area contributed by atoms with E-state index in [1.165, 1.54) is 14.7 Å². The van der Waals surface area contributed by atoms with Crippen LogP contribution in [0.3, 0.4) is 0 Å². The first-order valence-electron chi connectivity index (χ1n) is 7.74. The molecule has 23 heavy (non-hydrogen) atoms. The molecule has 0 aliphatic carbocycles. The Kier molecular flexibility index (Phi) is 5.61. The number of hydrogen-bond acceptors (Lipinski definition) is 4. The second-order valence-electron chi connectivity index (χ2n) is 5.30. The lowest BCUT2D eigenvalue weighted by Crippen LogP contribution is -2.54. The minimum atomic E-state index is -3.47. The predicted molar refractivity (Wildman–Crippen MR) is 87.4 cm³/mol. The zero-order valence-corrected chi connectivity index (χ0v) is 14.3. The number of nitrogens with zero attached hydrogens (tertiary/aromatic N) is 3. The minimum Gasteiger partial charge on any atom is -0.507 e. The van der Waals surface area contributed by atoms with E-state index >= 15 is 0 Å². The van der Waals surface area contributed by atoms with Gasteiger partial charge in [0.1, 0.15) is 5.75 Å². The third kappa shape index (κ3) is 3.65. The largest absolute Gasteiger partial charge is 0.507 e. The van der Waals surface area contributed by atoms with E-state index < -0.39 is 10.2 Å². The Hall–Kier alpha value is -1.64. The number of benzene rings is 1. The van der Waals surface area contributed by atoms with Crippen LogP contribution in [0.15, 0.2) is 24.3 Å². The first kappa shape index (κ1) is 17.7. The molecule has 0 bridgehead atoms. The number of amides is 1. The third-order valence-electron chi connectivity index (χ3n) is 4.02. The Balaban J connectivity index is 2.04. The minimum absolute atomic E-state index is 0.0595. The van der Waals surface area contributed by atoms with Crippen LogP contribution < -0.4 is 0 Å². The van der Waals surface area contributed by atoms with E-state index in [1.807, 2.05) is 0 Å². The molecule has 1 aromatic carbocycles. The third-order valence-corrected chi connectivity index (χ3v) is 6.20. The number of aromatic hydroxyl groups is 1. The van der Waals surface area contributed by atoms with Crippen molar-refractivity contribution in [2.75, 3.05) is 39.3 Å². The number of piperazine rings is 1. The van der Waals surface area contributed by atoms with E-state index in [2.05, 4.69) is 0 Å². The molecule has 1 saturated heterocycles. The number of carbonyl (C=O) groups is 1. The number of phenols is 1. The maximum atomic E-state index is 12.5. The van der Waals surface area contributed by atoms with E-state index in [0.29, 0.717) is 26.2 Å². The van der Waals surface area contributed by atoms with Gasteiger partial charge in [0, 0.05) is 39.3 Å². The first-order chi connectivity index (χ1) is 10.9.